The van der Waals surface area contributed by atoms with Gasteiger partial charge < -0.3 is 5.32 Å². The number of benzene rings is 2. The van der Waals surface area contributed by atoms with Gasteiger partial charge in [-0.2, -0.15) is 8.75 Å². The Hall–Kier alpha value is -2.27. The van der Waals surface area contributed by atoms with Crippen molar-refractivity contribution in [1.82, 2.24) is 8.75 Å². The zero-order chi connectivity index (χ0) is 13.9. The van der Waals surface area contributed by atoms with Gasteiger partial charge in [0.1, 0.15) is 11.0 Å². The second-order valence-corrected chi connectivity index (χ2v) is 5.12. The number of hydrogen-bond donors (Lipinski definition) is 1. The van der Waals surface area contributed by atoms with Crippen LogP contribution in [0.15, 0.2) is 42.5 Å². The van der Waals surface area contributed by atoms with Crippen molar-refractivity contribution in [2.45, 2.75) is 13.3 Å². The van der Waals surface area contributed by atoms with E-state index in [-0.39, 0.29) is 5.91 Å². The van der Waals surface area contributed by atoms with Crippen LogP contribution in [0.4, 0.5) is 5.69 Å². The maximum Gasteiger partial charge on any atom is 0.228 e. The van der Waals surface area contributed by atoms with Gasteiger partial charge in [0.15, 0.2) is 0 Å². The smallest absolute Gasteiger partial charge is 0.228 e. The van der Waals surface area contributed by atoms with E-state index in [1.807, 2.05) is 49.4 Å². The van der Waals surface area contributed by atoms with Crippen molar-refractivity contribution in [3.8, 4) is 0 Å². The largest absolute Gasteiger partial charge is 0.324 e. The number of anilines is 1. The highest BCUT2D eigenvalue weighted by atomic mass is 32.1. The average Bonchev–Trinajstić information content (AvgIpc) is 2.91. The minimum absolute atomic E-state index is 0.0419. The summed E-state index contributed by atoms with van der Waals surface area (Å²) in [6.45, 7) is 2.01. The Kier molecular flexibility index (Phi) is 3.43. The zero-order valence-corrected chi connectivity index (χ0v) is 11.8. The minimum Gasteiger partial charge on any atom is -0.324 e. The monoisotopic (exact) mass is 283 g/mol. The fourth-order valence-corrected chi connectivity index (χ4v) is 2.63. The molecule has 1 aromatic heterocycles. The molecule has 5 heteroatoms. The van der Waals surface area contributed by atoms with E-state index in [9.17, 15) is 4.79 Å². The highest BCUT2D eigenvalue weighted by Crippen LogP contribution is 2.21. The standard InChI is InChI=1S/C15H13N3OS/c1-10-5-2-3-6-11(10)9-14(19)16-12-7-4-8-13-15(12)18-20-17-13/h2-8H,9H2,1H3,(H,16,19). The molecule has 1 N–H and O–H groups in total. The van der Waals surface area contributed by atoms with Gasteiger partial charge in [-0.1, -0.05) is 30.3 Å². The van der Waals surface area contributed by atoms with Crippen LogP contribution >= 0.6 is 11.7 Å². The maximum absolute atomic E-state index is 12.1. The Morgan fingerprint density at radius 2 is 2.00 bits per heavy atom. The first kappa shape index (κ1) is 12.7. The molecule has 0 saturated heterocycles. The van der Waals surface area contributed by atoms with Gasteiger partial charge in [-0.25, -0.2) is 0 Å². The average molecular weight is 283 g/mol. The molecule has 0 unspecified atom stereocenters. The number of carbonyl (C=O) groups excluding carboxylic acids is 1. The van der Waals surface area contributed by atoms with E-state index < -0.39 is 0 Å². The molecular formula is C15H13N3OS. The highest BCUT2D eigenvalue weighted by molar-refractivity contribution is 7.00. The van der Waals surface area contributed by atoms with Gasteiger partial charge in [-0.05, 0) is 30.2 Å². The molecule has 0 radical (unpaired) electrons. The lowest BCUT2D eigenvalue weighted by Crippen LogP contribution is -2.15. The number of fused-ring (bicyclic) bond motifs is 1. The van der Waals surface area contributed by atoms with Crippen LogP contribution in [0.5, 0.6) is 0 Å². The number of aromatic nitrogens is 2. The molecule has 4 nitrogen and oxygen atoms in total. The molecule has 20 heavy (non-hydrogen) atoms. The van der Waals surface area contributed by atoms with E-state index in [2.05, 4.69) is 14.1 Å². The van der Waals surface area contributed by atoms with Gasteiger partial charge in [-0.3, -0.25) is 4.79 Å². The van der Waals surface area contributed by atoms with Gasteiger partial charge in [-0.15, -0.1) is 0 Å². The number of nitrogens with zero attached hydrogens (tertiary/aromatic N) is 2. The first-order chi connectivity index (χ1) is 9.74. The van der Waals surface area contributed by atoms with E-state index in [0.29, 0.717) is 6.42 Å². The summed E-state index contributed by atoms with van der Waals surface area (Å²) in [7, 11) is 0. The summed E-state index contributed by atoms with van der Waals surface area (Å²) in [4.78, 5) is 12.1. The van der Waals surface area contributed by atoms with E-state index >= 15 is 0 Å². The fraction of sp³-hybridized carbons (Fsp3) is 0.133. The number of aryl methyl sites for hydroxylation is 1. The molecule has 0 aliphatic rings. The van der Waals surface area contributed by atoms with Crippen LogP contribution in [0.3, 0.4) is 0 Å². The van der Waals surface area contributed by atoms with Gasteiger partial charge in [0.2, 0.25) is 5.91 Å². The first-order valence-corrected chi connectivity index (χ1v) is 7.03. The Labute approximate surface area is 120 Å². The second-order valence-electron chi connectivity index (χ2n) is 4.59. The summed E-state index contributed by atoms with van der Waals surface area (Å²) in [5.41, 5.74) is 4.43. The highest BCUT2D eigenvalue weighted by Gasteiger charge is 2.10. The molecular weight excluding hydrogens is 270 g/mol. The van der Waals surface area contributed by atoms with Crippen LogP contribution in [0.1, 0.15) is 11.1 Å². The lowest BCUT2D eigenvalue weighted by molar-refractivity contribution is -0.115. The Bertz CT molecular complexity index is 766. The number of rotatable bonds is 3. The minimum atomic E-state index is -0.0419. The van der Waals surface area contributed by atoms with Gasteiger partial charge in [0.25, 0.3) is 0 Å². The van der Waals surface area contributed by atoms with Gasteiger partial charge >= 0.3 is 0 Å². The SMILES string of the molecule is Cc1ccccc1CC(=O)Nc1cccc2nsnc12. The van der Waals surface area contributed by atoms with Crippen LogP contribution in [0, 0.1) is 6.92 Å². The van der Waals surface area contributed by atoms with Crippen molar-refractivity contribution in [2.24, 2.45) is 0 Å². The van der Waals surface area contributed by atoms with E-state index in [1.165, 1.54) is 0 Å². The van der Waals surface area contributed by atoms with Crippen LogP contribution in [0.25, 0.3) is 11.0 Å². The molecule has 0 spiro atoms. The van der Waals surface area contributed by atoms with Crippen molar-refractivity contribution in [3.05, 3.63) is 53.6 Å². The topological polar surface area (TPSA) is 54.9 Å². The van der Waals surface area contributed by atoms with Crippen molar-refractivity contribution in [1.29, 1.82) is 0 Å². The third kappa shape index (κ3) is 2.53. The predicted molar refractivity (Wildman–Crippen MR) is 80.9 cm³/mol. The predicted octanol–water partition coefficient (Wildman–Crippen LogP) is 3.18. The van der Waals surface area contributed by atoms with Gasteiger partial charge in [0.05, 0.1) is 23.8 Å². The van der Waals surface area contributed by atoms with Crippen LogP contribution < -0.4 is 5.32 Å². The van der Waals surface area contributed by atoms with Crippen LogP contribution in [0.2, 0.25) is 0 Å². The lowest BCUT2D eigenvalue weighted by atomic mass is 10.1. The Balaban J connectivity index is 1.80. The molecule has 1 heterocycles. The Morgan fingerprint density at radius 3 is 2.85 bits per heavy atom. The summed E-state index contributed by atoms with van der Waals surface area (Å²) in [6, 6.07) is 13.5. The van der Waals surface area contributed by atoms with Crippen LogP contribution in [-0.4, -0.2) is 14.7 Å². The third-order valence-electron chi connectivity index (χ3n) is 3.17. The molecule has 3 rings (SSSR count). The van der Waals surface area contributed by atoms with Crippen molar-refractivity contribution >= 4 is 34.4 Å². The van der Waals surface area contributed by atoms with Gasteiger partial charge in [0, 0.05) is 0 Å². The molecule has 3 aromatic rings. The summed E-state index contributed by atoms with van der Waals surface area (Å²) < 4.78 is 8.38. The number of nitrogens with one attached hydrogen (secondary N) is 1. The summed E-state index contributed by atoms with van der Waals surface area (Å²) >= 11 is 1.15. The first-order valence-electron chi connectivity index (χ1n) is 6.29. The molecule has 0 aliphatic heterocycles. The number of hydrogen-bond acceptors (Lipinski definition) is 4. The van der Waals surface area contributed by atoms with E-state index in [4.69, 9.17) is 0 Å². The quantitative estimate of drug-likeness (QED) is 0.803. The molecule has 2 aromatic carbocycles. The number of carbonyl (C=O) groups is 1. The van der Waals surface area contributed by atoms with E-state index in [1.54, 1.807) is 0 Å². The molecule has 100 valence electrons. The molecule has 0 saturated carbocycles. The Morgan fingerprint density at radius 1 is 1.15 bits per heavy atom. The molecule has 0 bridgehead atoms. The summed E-state index contributed by atoms with van der Waals surface area (Å²) in [5.74, 6) is -0.0419. The van der Waals surface area contributed by atoms with E-state index in [0.717, 1.165) is 39.6 Å². The lowest BCUT2D eigenvalue weighted by Gasteiger charge is -2.07. The fourth-order valence-electron chi connectivity index (χ4n) is 2.08. The second kappa shape index (κ2) is 5.38. The summed E-state index contributed by atoms with van der Waals surface area (Å²) in [6.07, 6.45) is 0.362. The molecule has 0 fully saturated rings. The molecule has 0 atom stereocenters. The third-order valence-corrected chi connectivity index (χ3v) is 3.71. The van der Waals surface area contributed by atoms with Crippen molar-refractivity contribution in [2.75, 3.05) is 5.32 Å². The summed E-state index contributed by atoms with van der Waals surface area (Å²) in [5, 5.41) is 2.91. The van der Waals surface area contributed by atoms with Crippen LogP contribution in [-0.2, 0) is 11.2 Å². The maximum atomic E-state index is 12.1. The molecule has 1 amide bonds. The number of amides is 1. The normalized spacial score (nSPS) is 10.7. The van der Waals surface area contributed by atoms with Crippen molar-refractivity contribution in [3.63, 3.8) is 0 Å². The van der Waals surface area contributed by atoms with Crippen molar-refractivity contribution < 1.29 is 4.79 Å². The zero-order valence-electron chi connectivity index (χ0n) is 11.0. The molecule has 0 aliphatic carbocycles.